The maximum absolute atomic E-state index is 15.0. The van der Waals surface area contributed by atoms with Crippen LogP contribution < -0.4 is 0 Å². The van der Waals surface area contributed by atoms with E-state index in [1.807, 2.05) is 30.3 Å². The summed E-state index contributed by atoms with van der Waals surface area (Å²) in [5.74, 6) is -2.11. The van der Waals surface area contributed by atoms with E-state index >= 15 is 4.39 Å². The molecule has 0 aliphatic carbocycles. The van der Waals surface area contributed by atoms with E-state index < -0.39 is 17.6 Å². The number of carbonyl (C=O) groups is 2. The molecule has 0 amide bonds. The molecule has 6 heteroatoms. The van der Waals surface area contributed by atoms with E-state index in [-0.39, 0.29) is 29.4 Å². The van der Waals surface area contributed by atoms with Gasteiger partial charge in [-0.2, -0.15) is 0 Å². The van der Waals surface area contributed by atoms with Crippen LogP contribution in [0.1, 0.15) is 58.8 Å². The van der Waals surface area contributed by atoms with Crippen molar-refractivity contribution in [3.8, 4) is 0 Å². The second-order valence-electron chi connectivity index (χ2n) is 9.49. The zero-order valence-corrected chi connectivity index (χ0v) is 22.5. The zero-order chi connectivity index (χ0) is 28.6. The second-order valence-corrected chi connectivity index (χ2v) is 9.49. The van der Waals surface area contributed by atoms with Crippen LogP contribution in [0.3, 0.4) is 0 Å². The van der Waals surface area contributed by atoms with E-state index in [2.05, 4.69) is 18.8 Å². The maximum Gasteiger partial charge on any atom is 0.352 e. The summed E-state index contributed by atoms with van der Waals surface area (Å²) in [6, 6.07) is 26.6. The molecule has 0 bridgehead atoms. The van der Waals surface area contributed by atoms with Crippen LogP contribution in [0.2, 0.25) is 0 Å². The third-order valence-electron chi connectivity index (χ3n) is 6.45. The molecule has 4 aromatic carbocycles. The van der Waals surface area contributed by atoms with Crippen LogP contribution in [-0.2, 0) is 9.53 Å². The van der Waals surface area contributed by atoms with Gasteiger partial charge in [-0.3, -0.25) is 4.79 Å². The molecule has 0 aromatic heterocycles. The quantitative estimate of drug-likeness (QED) is 0.123. The summed E-state index contributed by atoms with van der Waals surface area (Å²) in [7, 11) is 1.25. The topological polar surface area (TPSA) is 55.7 Å². The smallest absolute Gasteiger partial charge is 0.352 e. The van der Waals surface area contributed by atoms with Crippen molar-refractivity contribution < 1.29 is 23.1 Å². The highest BCUT2D eigenvalue weighted by molar-refractivity contribution is 6.37. The lowest BCUT2D eigenvalue weighted by Crippen LogP contribution is -2.15. The number of hydrogen-bond acceptors (Lipinski definition) is 4. The summed E-state index contributed by atoms with van der Waals surface area (Å²) >= 11 is 0. The molecule has 0 heterocycles. The van der Waals surface area contributed by atoms with E-state index in [1.54, 1.807) is 54.6 Å². The van der Waals surface area contributed by atoms with Crippen molar-refractivity contribution >= 4 is 28.7 Å². The molecule has 40 heavy (non-hydrogen) atoms. The zero-order valence-electron chi connectivity index (χ0n) is 22.5. The summed E-state index contributed by atoms with van der Waals surface area (Å²) in [6.07, 6.45) is 1.64. The highest BCUT2D eigenvalue weighted by Gasteiger charge is 2.18. The number of ketones is 1. The minimum atomic E-state index is -0.725. The number of benzene rings is 4. The van der Waals surface area contributed by atoms with Crippen LogP contribution in [0.4, 0.5) is 14.5 Å². The van der Waals surface area contributed by atoms with Gasteiger partial charge < -0.3 is 4.74 Å². The highest BCUT2D eigenvalue weighted by Crippen LogP contribution is 2.30. The van der Waals surface area contributed by atoms with Gasteiger partial charge in [0.25, 0.3) is 0 Å². The molecular weight excluding hydrogens is 508 g/mol. The minimum Gasteiger partial charge on any atom is -0.465 e. The number of rotatable bonds is 9. The normalized spacial score (nSPS) is 11.9. The van der Waals surface area contributed by atoms with Gasteiger partial charge in [-0.25, -0.2) is 18.6 Å². The molecule has 4 rings (SSSR count). The number of halogens is 2. The number of carbonyl (C=O) groups excluding carboxylic acids is 2. The first-order valence-corrected chi connectivity index (χ1v) is 12.9. The van der Waals surface area contributed by atoms with Crippen molar-refractivity contribution in [3.63, 3.8) is 0 Å². The summed E-state index contributed by atoms with van der Waals surface area (Å²) in [4.78, 5) is 30.6. The van der Waals surface area contributed by atoms with Crippen LogP contribution in [0, 0.1) is 11.6 Å². The Bertz CT molecular complexity index is 1590. The number of allylic oxidation sites excluding steroid dienone is 1. The SMILES string of the molecule is COC(=O)C(CC=C(c1cccc(C(C)C)c1)c1ccc(F)cc1F)=Nc1ccccc1C(=O)c1ccccc1. The molecule has 0 aliphatic rings. The number of hydrogen-bond donors (Lipinski definition) is 0. The lowest BCUT2D eigenvalue weighted by molar-refractivity contribution is -0.132. The fourth-order valence-corrected chi connectivity index (χ4v) is 4.30. The summed E-state index contributed by atoms with van der Waals surface area (Å²) in [5, 5.41) is 0. The summed E-state index contributed by atoms with van der Waals surface area (Å²) in [5.41, 5.74) is 3.56. The number of para-hydroxylation sites is 1. The van der Waals surface area contributed by atoms with E-state index in [9.17, 15) is 14.0 Å². The Morgan fingerprint density at radius 2 is 1.52 bits per heavy atom. The number of nitrogens with zero attached hydrogens (tertiary/aromatic N) is 1. The van der Waals surface area contributed by atoms with Crippen LogP contribution in [0.15, 0.2) is 108 Å². The van der Waals surface area contributed by atoms with Crippen molar-refractivity contribution in [2.45, 2.75) is 26.2 Å². The van der Waals surface area contributed by atoms with E-state index in [0.29, 0.717) is 28.0 Å². The molecule has 0 fully saturated rings. The van der Waals surface area contributed by atoms with Gasteiger partial charge in [-0.05, 0) is 46.9 Å². The molecule has 4 aromatic rings. The largest absolute Gasteiger partial charge is 0.465 e. The molecule has 202 valence electrons. The molecule has 0 N–H and O–H groups in total. The van der Waals surface area contributed by atoms with Gasteiger partial charge in [0.2, 0.25) is 0 Å². The molecular formula is C34H29F2NO3. The molecule has 0 atom stereocenters. The third-order valence-corrected chi connectivity index (χ3v) is 6.45. The average Bonchev–Trinajstić information content (AvgIpc) is 2.97. The van der Waals surface area contributed by atoms with Gasteiger partial charge in [0, 0.05) is 29.2 Å². The van der Waals surface area contributed by atoms with Crippen LogP contribution in [-0.4, -0.2) is 24.6 Å². The lowest BCUT2D eigenvalue weighted by Gasteiger charge is -2.14. The molecule has 0 saturated heterocycles. The second kappa shape index (κ2) is 12.9. The first-order valence-electron chi connectivity index (χ1n) is 12.9. The number of ether oxygens (including phenoxy) is 1. The average molecular weight is 538 g/mol. The number of aliphatic imine (C=N–C) groups is 1. The summed E-state index contributed by atoms with van der Waals surface area (Å²) < 4.78 is 33.7. The monoisotopic (exact) mass is 537 g/mol. The summed E-state index contributed by atoms with van der Waals surface area (Å²) in [6.45, 7) is 4.11. The fraction of sp³-hybridized carbons (Fsp3) is 0.147. The van der Waals surface area contributed by atoms with Gasteiger partial charge in [0.1, 0.15) is 17.3 Å². The molecule has 0 aliphatic heterocycles. The molecule has 0 saturated carbocycles. The van der Waals surface area contributed by atoms with Crippen molar-refractivity contribution in [2.24, 2.45) is 4.99 Å². The Kier molecular flexibility index (Phi) is 9.12. The third kappa shape index (κ3) is 6.64. The predicted octanol–water partition coefficient (Wildman–Crippen LogP) is 8.09. The minimum absolute atomic E-state index is 0.0239. The first kappa shape index (κ1) is 28.3. The Hall–Kier alpha value is -4.71. The van der Waals surface area contributed by atoms with Crippen molar-refractivity contribution in [2.75, 3.05) is 7.11 Å². The Labute approximate surface area is 232 Å². The standard InChI is InChI=1S/C34H29F2NO3/c1-22(2)24-12-9-13-25(20-24)27(28-17-16-26(35)21-30(28)36)18-19-32(34(39)40-3)37-31-15-8-7-14-29(31)33(38)23-10-5-4-6-11-23/h4-18,20-22H,19H2,1-3H3. The fourth-order valence-electron chi connectivity index (χ4n) is 4.30. The van der Waals surface area contributed by atoms with Crippen LogP contribution in [0.25, 0.3) is 5.57 Å². The van der Waals surface area contributed by atoms with Gasteiger partial charge >= 0.3 is 5.97 Å². The first-order chi connectivity index (χ1) is 19.3. The van der Waals surface area contributed by atoms with E-state index in [1.165, 1.54) is 19.2 Å². The van der Waals surface area contributed by atoms with Gasteiger partial charge in [-0.1, -0.05) is 86.7 Å². The Morgan fingerprint density at radius 1 is 0.825 bits per heavy atom. The van der Waals surface area contributed by atoms with Gasteiger partial charge in [0.05, 0.1) is 12.8 Å². The lowest BCUT2D eigenvalue weighted by atomic mass is 9.92. The van der Waals surface area contributed by atoms with Gasteiger partial charge in [0.15, 0.2) is 5.78 Å². The number of methoxy groups -OCH3 is 1. The van der Waals surface area contributed by atoms with Crippen molar-refractivity contribution in [1.82, 2.24) is 0 Å². The molecule has 0 unspecified atom stereocenters. The highest BCUT2D eigenvalue weighted by atomic mass is 19.1. The number of esters is 1. The molecule has 4 nitrogen and oxygen atoms in total. The van der Waals surface area contributed by atoms with E-state index in [0.717, 1.165) is 11.6 Å². The van der Waals surface area contributed by atoms with E-state index in [4.69, 9.17) is 4.74 Å². The van der Waals surface area contributed by atoms with Crippen LogP contribution >= 0.6 is 0 Å². The Morgan fingerprint density at radius 3 is 2.23 bits per heavy atom. The maximum atomic E-state index is 15.0. The molecule has 0 spiro atoms. The molecule has 0 radical (unpaired) electrons. The Balaban J connectivity index is 1.81. The van der Waals surface area contributed by atoms with Crippen molar-refractivity contribution in [3.05, 3.63) is 143 Å². The van der Waals surface area contributed by atoms with Crippen LogP contribution in [0.5, 0.6) is 0 Å². The van der Waals surface area contributed by atoms with Crippen molar-refractivity contribution in [1.29, 1.82) is 0 Å². The van der Waals surface area contributed by atoms with Gasteiger partial charge in [-0.15, -0.1) is 0 Å². The predicted molar refractivity (Wildman–Crippen MR) is 154 cm³/mol.